The molecule has 0 radical (unpaired) electrons. The highest BCUT2D eigenvalue weighted by Gasteiger charge is 2.08. The van der Waals surface area contributed by atoms with Gasteiger partial charge in [0, 0.05) is 19.9 Å². The first kappa shape index (κ1) is 20.0. The summed E-state index contributed by atoms with van der Waals surface area (Å²) in [5, 5.41) is 11.1. The molecule has 2 rings (SSSR count). The molecule has 1 heterocycles. The lowest BCUT2D eigenvalue weighted by atomic mass is 10.2. The van der Waals surface area contributed by atoms with Gasteiger partial charge in [0.2, 0.25) is 0 Å². The van der Waals surface area contributed by atoms with Crippen molar-refractivity contribution in [3.8, 4) is 11.5 Å². The Bertz CT molecular complexity index is 705. The summed E-state index contributed by atoms with van der Waals surface area (Å²) in [7, 11) is 1.65. The van der Waals surface area contributed by atoms with Crippen molar-refractivity contribution < 1.29 is 14.2 Å². The molecule has 0 unspecified atom stereocenters. The number of rotatable bonds is 10. The summed E-state index contributed by atoms with van der Waals surface area (Å²) < 4.78 is 18.1. The Morgan fingerprint density at radius 2 is 1.96 bits per heavy atom. The monoisotopic (exact) mass is 378 g/mol. The molecule has 0 saturated heterocycles. The first-order chi connectivity index (χ1) is 12.7. The number of hydrogen-bond donors (Lipinski definition) is 2. The Balaban J connectivity index is 1.97. The van der Waals surface area contributed by atoms with Crippen molar-refractivity contribution in [2.75, 3.05) is 38.8 Å². The SMILES string of the molecule is CCOc1ccc(Cn2cc(NC(=S)NCCOC)cn2)cc1OCC. The molecule has 0 aliphatic rings. The zero-order valence-corrected chi connectivity index (χ0v) is 16.3. The van der Waals surface area contributed by atoms with Crippen molar-refractivity contribution in [1.29, 1.82) is 0 Å². The zero-order chi connectivity index (χ0) is 18.8. The van der Waals surface area contributed by atoms with Crippen molar-refractivity contribution in [2.24, 2.45) is 0 Å². The van der Waals surface area contributed by atoms with Gasteiger partial charge in [-0.3, -0.25) is 4.68 Å². The molecule has 142 valence electrons. The summed E-state index contributed by atoms with van der Waals surface area (Å²) in [5.74, 6) is 1.51. The van der Waals surface area contributed by atoms with Gasteiger partial charge in [0.15, 0.2) is 16.6 Å². The molecule has 7 nitrogen and oxygen atoms in total. The average molecular weight is 378 g/mol. The van der Waals surface area contributed by atoms with E-state index in [4.69, 9.17) is 26.4 Å². The van der Waals surface area contributed by atoms with Crippen LogP contribution in [0.2, 0.25) is 0 Å². The fourth-order valence-corrected chi connectivity index (χ4v) is 2.56. The predicted octanol–water partition coefficient (Wildman–Crippen LogP) is 2.66. The summed E-state index contributed by atoms with van der Waals surface area (Å²) in [4.78, 5) is 0. The number of ether oxygens (including phenoxy) is 3. The van der Waals surface area contributed by atoms with Gasteiger partial charge in [-0.1, -0.05) is 6.07 Å². The fraction of sp³-hybridized carbons (Fsp3) is 0.444. The van der Waals surface area contributed by atoms with E-state index in [2.05, 4.69) is 15.7 Å². The van der Waals surface area contributed by atoms with Gasteiger partial charge in [-0.15, -0.1) is 0 Å². The Morgan fingerprint density at radius 3 is 2.69 bits per heavy atom. The van der Waals surface area contributed by atoms with Crippen LogP contribution in [0.15, 0.2) is 30.6 Å². The highest BCUT2D eigenvalue weighted by molar-refractivity contribution is 7.80. The number of anilines is 1. The molecular weight excluding hydrogens is 352 g/mol. The molecule has 0 aliphatic heterocycles. The van der Waals surface area contributed by atoms with E-state index in [9.17, 15) is 0 Å². The molecule has 0 aliphatic carbocycles. The average Bonchev–Trinajstić information content (AvgIpc) is 3.04. The van der Waals surface area contributed by atoms with Crippen LogP contribution in [0.5, 0.6) is 11.5 Å². The minimum atomic E-state index is 0.543. The number of thiocarbonyl (C=S) groups is 1. The second kappa shape index (κ2) is 10.6. The van der Waals surface area contributed by atoms with Crippen LogP contribution in [0, 0.1) is 0 Å². The lowest BCUT2D eigenvalue weighted by molar-refractivity contribution is 0.204. The third kappa shape index (κ3) is 6.20. The number of methoxy groups -OCH3 is 1. The highest BCUT2D eigenvalue weighted by atomic mass is 32.1. The zero-order valence-electron chi connectivity index (χ0n) is 15.4. The van der Waals surface area contributed by atoms with E-state index >= 15 is 0 Å². The Hall–Kier alpha value is -2.32. The molecular formula is C18H26N4O3S. The standard InChI is InChI=1S/C18H26N4O3S/c1-4-24-16-7-6-14(10-17(16)25-5-2)12-22-13-15(11-20-22)21-18(26)19-8-9-23-3/h6-7,10-11,13H,4-5,8-9,12H2,1-3H3,(H2,19,21,26). The van der Waals surface area contributed by atoms with Crippen molar-refractivity contribution in [2.45, 2.75) is 20.4 Å². The van der Waals surface area contributed by atoms with Crippen molar-refractivity contribution in [1.82, 2.24) is 15.1 Å². The molecule has 2 aromatic rings. The van der Waals surface area contributed by atoms with Crippen molar-refractivity contribution in [3.63, 3.8) is 0 Å². The Kier molecular flexibility index (Phi) is 8.17. The number of nitrogens with zero attached hydrogens (tertiary/aromatic N) is 2. The predicted molar refractivity (Wildman–Crippen MR) is 106 cm³/mol. The van der Waals surface area contributed by atoms with Crippen LogP contribution in [0.1, 0.15) is 19.4 Å². The van der Waals surface area contributed by atoms with E-state index in [1.165, 1.54) is 0 Å². The quantitative estimate of drug-likeness (QED) is 0.486. The number of hydrogen-bond acceptors (Lipinski definition) is 5. The van der Waals surface area contributed by atoms with Gasteiger partial charge in [-0.05, 0) is 43.8 Å². The van der Waals surface area contributed by atoms with E-state index in [1.807, 2.05) is 42.9 Å². The van der Waals surface area contributed by atoms with E-state index in [-0.39, 0.29) is 0 Å². The number of aromatic nitrogens is 2. The maximum absolute atomic E-state index is 5.67. The van der Waals surface area contributed by atoms with Gasteiger partial charge >= 0.3 is 0 Å². The topological polar surface area (TPSA) is 69.6 Å². The molecule has 1 aromatic carbocycles. The van der Waals surface area contributed by atoms with E-state index in [0.717, 1.165) is 22.7 Å². The van der Waals surface area contributed by atoms with Crippen molar-refractivity contribution in [3.05, 3.63) is 36.2 Å². The van der Waals surface area contributed by atoms with Crippen LogP contribution in [0.25, 0.3) is 0 Å². The summed E-state index contributed by atoms with van der Waals surface area (Å²) in [6, 6.07) is 5.93. The summed E-state index contributed by atoms with van der Waals surface area (Å²) in [6.07, 6.45) is 3.64. The fourth-order valence-electron chi connectivity index (χ4n) is 2.34. The maximum Gasteiger partial charge on any atom is 0.170 e. The smallest absolute Gasteiger partial charge is 0.170 e. The summed E-state index contributed by atoms with van der Waals surface area (Å²) in [5.41, 5.74) is 1.91. The highest BCUT2D eigenvalue weighted by Crippen LogP contribution is 2.28. The third-order valence-electron chi connectivity index (χ3n) is 3.44. The van der Waals surface area contributed by atoms with E-state index in [1.54, 1.807) is 13.3 Å². The van der Waals surface area contributed by atoms with Crippen LogP contribution in [-0.4, -0.2) is 48.4 Å². The normalized spacial score (nSPS) is 10.4. The molecule has 0 bridgehead atoms. The van der Waals surface area contributed by atoms with Gasteiger partial charge < -0.3 is 24.8 Å². The Labute approximate surface area is 159 Å². The minimum absolute atomic E-state index is 0.543. The second-order valence-corrected chi connectivity index (χ2v) is 5.86. The van der Waals surface area contributed by atoms with Gasteiger partial charge in [0.1, 0.15) is 0 Å². The molecule has 0 spiro atoms. The van der Waals surface area contributed by atoms with Crippen LogP contribution in [0.4, 0.5) is 5.69 Å². The molecule has 0 atom stereocenters. The van der Waals surface area contributed by atoms with Gasteiger partial charge in [-0.25, -0.2) is 0 Å². The van der Waals surface area contributed by atoms with Crippen LogP contribution >= 0.6 is 12.2 Å². The van der Waals surface area contributed by atoms with Gasteiger partial charge in [0.05, 0.1) is 38.2 Å². The summed E-state index contributed by atoms with van der Waals surface area (Å²) in [6.45, 7) is 6.98. The van der Waals surface area contributed by atoms with Gasteiger partial charge in [0.25, 0.3) is 0 Å². The first-order valence-corrected chi connectivity index (χ1v) is 9.01. The molecule has 8 heteroatoms. The van der Waals surface area contributed by atoms with Crippen LogP contribution in [-0.2, 0) is 11.3 Å². The minimum Gasteiger partial charge on any atom is -0.490 e. The number of benzene rings is 1. The maximum atomic E-state index is 5.67. The molecule has 0 amide bonds. The molecule has 1 aromatic heterocycles. The molecule has 2 N–H and O–H groups in total. The van der Waals surface area contributed by atoms with E-state index < -0.39 is 0 Å². The molecule has 0 saturated carbocycles. The van der Waals surface area contributed by atoms with Crippen molar-refractivity contribution >= 4 is 23.0 Å². The lowest BCUT2D eigenvalue weighted by Crippen LogP contribution is -2.30. The number of nitrogens with one attached hydrogen (secondary N) is 2. The van der Waals surface area contributed by atoms with E-state index in [0.29, 0.717) is 38.0 Å². The van der Waals surface area contributed by atoms with Crippen LogP contribution < -0.4 is 20.1 Å². The summed E-state index contributed by atoms with van der Waals surface area (Å²) >= 11 is 5.23. The molecule has 26 heavy (non-hydrogen) atoms. The molecule has 0 fully saturated rings. The van der Waals surface area contributed by atoms with Gasteiger partial charge in [-0.2, -0.15) is 5.10 Å². The Morgan fingerprint density at radius 1 is 1.19 bits per heavy atom. The van der Waals surface area contributed by atoms with Crippen LogP contribution in [0.3, 0.4) is 0 Å². The second-order valence-electron chi connectivity index (χ2n) is 5.45. The lowest BCUT2D eigenvalue weighted by Gasteiger charge is -2.12. The largest absolute Gasteiger partial charge is 0.490 e. The first-order valence-electron chi connectivity index (χ1n) is 8.61. The third-order valence-corrected chi connectivity index (χ3v) is 3.68.